The van der Waals surface area contributed by atoms with Crippen LogP contribution in [0.25, 0.3) is 5.69 Å². The van der Waals surface area contributed by atoms with Gasteiger partial charge in [0.05, 0.1) is 10.6 Å². The molecule has 1 aromatic carbocycles. The normalized spacial score (nSPS) is 10.4. The molecule has 19 heavy (non-hydrogen) atoms. The van der Waals surface area contributed by atoms with E-state index in [0.717, 1.165) is 5.56 Å². The summed E-state index contributed by atoms with van der Waals surface area (Å²) in [6, 6.07) is 4.37. The van der Waals surface area contributed by atoms with Crippen LogP contribution in [0.4, 0.5) is 5.69 Å². The summed E-state index contributed by atoms with van der Waals surface area (Å²) in [5.41, 5.74) is 1.63. The fourth-order valence-corrected chi connectivity index (χ4v) is 1.75. The average Bonchev–Trinajstić information content (AvgIpc) is 2.71. The molecule has 0 aliphatic rings. The summed E-state index contributed by atoms with van der Waals surface area (Å²) in [5.74, 6) is -1.13. The van der Waals surface area contributed by atoms with Gasteiger partial charge in [-0.25, -0.2) is 9.48 Å². The van der Waals surface area contributed by atoms with Gasteiger partial charge >= 0.3 is 5.97 Å². The molecule has 2 aromatic rings. The highest BCUT2D eigenvalue weighted by Crippen LogP contribution is 2.21. The number of aryl methyl sites for hydroxylation is 2. The Morgan fingerprint density at radius 3 is 2.58 bits per heavy atom. The highest BCUT2D eigenvalue weighted by Gasteiger charge is 2.16. The quantitative estimate of drug-likeness (QED) is 0.673. The van der Waals surface area contributed by atoms with Gasteiger partial charge in [0.15, 0.2) is 5.69 Å². The predicted octanol–water partition coefficient (Wildman–Crippen LogP) is 2.10. The Morgan fingerprint density at radius 2 is 2.05 bits per heavy atom. The molecule has 7 heteroatoms. The van der Waals surface area contributed by atoms with Gasteiger partial charge in [-0.2, -0.15) is 5.10 Å². The van der Waals surface area contributed by atoms with Crippen LogP contribution in [-0.4, -0.2) is 25.8 Å². The molecule has 0 atom stereocenters. The number of carboxylic acid groups (broad SMARTS) is 1. The molecule has 1 heterocycles. The molecule has 0 spiro atoms. The number of carbonyl (C=O) groups is 1. The first-order chi connectivity index (χ1) is 8.90. The minimum Gasteiger partial charge on any atom is -0.476 e. The van der Waals surface area contributed by atoms with Crippen molar-refractivity contribution >= 4 is 11.7 Å². The summed E-state index contributed by atoms with van der Waals surface area (Å²) in [7, 11) is 0. The largest absolute Gasteiger partial charge is 0.476 e. The summed E-state index contributed by atoms with van der Waals surface area (Å²) < 4.78 is 1.35. The van der Waals surface area contributed by atoms with E-state index in [1.54, 1.807) is 19.9 Å². The number of nitro benzene ring substituents is 1. The van der Waals surface area contributed by atoms with E-state index in [9.17, 15) is 14.9 Å². The van der Waals surface area contributed by atoms with Gasteiger partial charge in [-0.15, -0.1) is 0 Å². The first-order valence-corrected chi connectivity index (χ1v) is 5.45. The number of rotatable bonds is 3. The Morgan fingerprint density at radius 1 is 1.37 bits per heavy atom. The highest BCUT2D eigenvalue weighted by molar-refractivity contribution is 5.86. The molecule has 1 N–H and O–H groups in total. The van der Waals surface area contributed by atoms with Gasteiger partial charge < -0.3 is 5.11 Å². The molecule has 0 saturated carbocycles. The van der Waals surface area contributed by atoms with Crippen molar-refractivity contribution in [3.05, 3.63) is 51.3 Å². The smallest absolute Gasteiger partial charge is 0.356 e. The van der Waals surface area contributed by atoms with Gasteiger partial charge in [0, 0.05) is 23.9 Å². The number of nitro groups is 1. The number of carboxylic acids is 1. The molecule has 0 bridgehead atoms. The SMILES string of the molecule is Cc1ccc([N+](=O)[O-])cc1-n1cc(C)c(C(=O)O)n1. The van der Waals surface area contributed by atoms with Crippen molar-refractivity contribution in [1.82, 2.24) is 9.78 Å². The Balaban J connectivity index is 2.58. The summed E-state index contributed by atoms with van der Waals surface area (Å²) >= 11 is 0. The van der Waals surface area contributed by atoms with Crippen LogP contribution < -0.4 is 0 Å². The molecule has 0 saturated heterocycles. The molecule has 0 amide bonds. The van der Waals surface area contributed by atoms with E-state index in [0.29, 0.717) is 11.3 Å². The Bertz CT molecular complexity index is 676. The third-order valence-electron chi connectivity index (χ3n) is 2.75. The fraction of sp³-hybridized carbons (Fsp3) is 0.167. The number of hydrogen-bond acceptors (Lipinski definition) is 4. The zero-order valence-corrected chi connectivity index (χ0v) is 10.3. The van der Waals surface area contributed by atoms with Crippen LogP contribution in [-0.2, 0) is 0 Å². The van der Waals surface area contributed by atoms with Gasteiger partial charge in [0.25, 0.3) is 5.69 Å². The topological polar surface area (TPSA) is 98.3 Å². The Hall–Kier alpha value is -2.70. The Labute approximate surface area is 108 Å². The monoisotopic (exact) mass is 261 g/mol. The van der Waals surface area contributed by atoms with E-state index < -0.39 is 10.9 Å². The molecule has 0 unspecified atom stereocenters. The van der Waals surface area contributed by atoms with Crippen molar-refractivity contribution in [2.45, 2.75) is 13.8 Å². The molecule has 98 valence electrons. The van der Waals surface area contributed by atoms with Crippen LogP contribution in [0, 0.1) is 24.0 Å². The van der Waals surface area contributed by atoms with E-state index in [1.165, 1.54) is 23.0 Å². The van der Waals surface area contributed by atoms with Gasteiger partial charge in [0.2, 0.25) is 0 Å². The van der Waals surface area contributed by atoms with Crippen LogP contribution >= 0.6 is 0 Å². The number of nitrogens with zero attached hydrogens (tertiary/aromatic N) is 3. The number of non-ortho nitro benzene ring substituents is 1. The lowest BCUT2D eigenvalue weighted by atomic mass is 10.2. The molecular weight excluding hydrogens is 250 g/mol. The van der Waals surface area contributed by atoms with E-state index in [1.807, 2.05) is 0 Å². The van der Waals surface area contributed by atoms with Gasteiger partial charge in [-0.3, -0.25) is 10.1 Å². The van der Waals surface area contributed by atoms with Crippen LogP contribution in [0.2, 0.25) is 0 Å². The predicted molar refractivity (Wildman–Crippen MR) is 66.7 cm³/mol. The van der Waals surface area contributed by atoms with Crippen molar-refractivity contribution < 1.29 is 14.8 Å². The van der Waals surface area contributed by atoms with Crippen molar-refractivity contribution in [2.24, 2.45) is 0 Å². The lowest BCUT2D eigenvalue weighted by molar-refractivity contribution is -0.384. The van der Waals surface area contributed by atoms with Crippen LogP contribution in [0.15, 0.2) is 24.4 Å². The minimum absolute atomic E-state index is 0.0640. The molecule has 7 nitrogen and oxygen atoms in total. The van der Waals surface area contributed by atoms with E-state index >= 15 is 0 Å². The molecular formula is C12H11N3O4. The number of benzene rings is 1. The lowest BCUT2D eigenvalue weighted by Crippen LogP contribution is -2.03. The first kappa shape index (κ1) is 12.7. The van der Waals surface area contributed by atoms with E-state index in [4.69, 9.17) is 5.11 Å². The molecule has 0 aliphatic heterocycles. The number of hydrogen-bond donors (Lipinski definition) is 1. The van der Waals surface area contributed by atoms with Crippen LogP contribution in [0.1, 0.15) is 21.6 Å². The van der Waals surface area contributed by atoms with Gasteiger partial charge in [0.1, 0.15) is 0 Å². The van der Waals surface area contributed by atoms with Gasteiger partial charge in [-0.1, -0.05) is 6.07 Å². The number of aromatic nitrogens is 2. The third-order valence-corrected chi connectivity index (χ3v) is 2.75. The fourth-order valence-electron chi connectivity index (χ4n) is 1.75. The maximum Gasteiger partial charge on any atom is 0.356 e. The summed E-state index contributed by atoms with van der Waals surface area (Å²) in [4.78, 5) is 21.2. The molecule has 1 aromatic heterocycles. The van der Waals surface area contributed by atoms with Crippen molar-refractivity contribution in [2.75, 3.05) is 0 Å². The highest BCUT2D eigenvalue weighted by atomic mass is 16.6. The van der Waals surface area contributed by atoms with Crippen LogP contribution in [0.3, 0.4) is 0 Å². The molecule has 2 rings (SSSR count). The third kappa shape index (κ3) is 2.30. The average molecular weight is 261 g/mol. The zero-order chi connectivity index (χ0) is 14.2. The second kappa shape index (κ2) is 4.52. The van der Waals surface area contributed by atoms with E-state index in [-0.39, 0.29) is 11.4 Å². The first-order valence-electron chi connectivity index (χ1n) is 5.45. The van der Waals surface area contributed by atoms with Crippen molar-refractivity contribution in [3.63, 3.8) is 0 Å². The van der Waals surface area contributed by atoms with Crippen molar-refractivity contribution in [3.8, 4) is 5.69 Å². The van der Waals surface area contributed by atoms with Gasteiger partial charge in [-0.05, 0) is 19.4 Å². The zero-order valence-electron chi connectivity index (χ0n) is 10.3. The second-order valence-corrected chi connectivity index (χ2v) is 4.14. The Kier molecular flexibility index (Phi) is 3.04. The maximum atomic E-state index is 10.9. The molecule has 0 radical (unpaired) electrons. The lowest BCUT2D eigenvalue weighted by Gasteiger charge is -2.05. The molecule has 0 aliphatic carbocycles. The standard InChI is InChI=1S/C12H11N3O4/c1-7-3-4-9(15(18)19)5-10(7)14-6-8(2)11(13-14)12(16)17/h3-6H,1-2H3,(H,16,17). The van der Waals surface area contributed by atoms with Crippen molar-refractivity contribution in [1.29, 1.82) is 0 Å². The summed E-state index contributed by atoms with van der Waals surface area (Å²) in [5, 5.41) is 23.6. The van der Waals surface area contributed by atoms with Crippen LogP contribution in [0.5, 0.6) is 0 Å². The van der Waals surface area contributed by atoms with E-state index in [2.05, 4.69) is 5.10 Å². The minimum atomic E-state index is -1.13. The number of aromatic carboxylic acids is 1. The second-order valence-electron chi connectivity index (χ2n) is 4.14. The summed E-state index contributed by atoms with van der Waals surface area (Å²) in [6.45, 7) is 3.40. The maximum absolute atomic E-state index is 10.9. The summed E-state index contributed by atoms with van der Waals surface area (Å²) in [6.07, 6.45) is 1.54. The molecule has 0 fully saturated rings.